The number of allylic oxidation sites excluding steroid dienone is 1. The van der Waals surface area contributed by atoms with Gasteiger partial charge in [0, 0.05) is 6.08 Å². The number of rotatable bonds is 3. The molecule has 0 aromatic rings. The van der Waals surface area contributed by atoms with E-state index < -0.39 is 5.97 Å². The third kappa shape index (κ3) is 36.2. The molecule has 78 valence electrons. The van der Waals surface area contributed by atoms with Crippen molar-refractivity contribution in [2.75, 3.05) is 0 Å². The molecular weight excluding hydrogens is 175 g/mol. The standard InChI is InChI=1S/C6H10O2.3FH.H3N/c1-2-3-4-5-6(7)8;;;;/h4-5H,2-3H2,1H3,(H,7,8);3*1H;1H3/b5-4+;;;;. The summed E-state index contributed by atoms with van der Waals surface area (Å²) in [7, 11) is 0. The summed E-state index contributed by atoms with van der Waals surface area (Å²) in [6.45, 7) is 2.01. The molecular formula is C6H16F3NO2. The Bertz CT molecular complexity index is 109. The summed E-state index contributed by atoms with van der Waals surface area (Å²) in [5.74, 6) is -0.863. The number of unbranched alkanes of at least 4 members (excludes halogenated alkanes) is 1. The van der Waals surface area contributed by atoms with Crippen molar-refractivity contribution in [3.8, 4) is 0 Å². The molecule has 0 bridgehead atoms. The lowest BCUT2D eigenvalue weighted by Gasteiger charge is -1.79. The quantitative estimate of drug-likeness (QED) is 0.670. The molecule has 0 aliphatic rings. The van der Waals surface area contributed by atoms with Crippen LogP contribution in [0.4, 0.5) is 14.1 Å². The second-order valence-electron chi connectivity index (χ2n) is 1.53. The van der Waals surface area contributed by atoms with E-state index in [-0.39, 0.29) is 20.3 Å². The topological polar surface area (TPSA) is 72.3 Å². The molecule has 6 heteroatoms. The highest BCUT2D eigenvalue weighted by Crippen LogP contribution is 1.86. The molecule has 0 unspecified atom stereocenters. The van der Waals surface area contributed by atoms with Gasteiger partial charge in [-0.05, 0) is 6.42 Å². The molecule has 4 N–H and O–H groups in total. The van der Waals surface area contributed by atoms with E-state index in [1.54, 1.807) is 6.08 Å². The second kappa shape index (κ2) is 22.5. The lowest BCUT2D eigenvalue weighted by atomic mass is 10.3. The van der Waals surface area contributed by atoms with Crippen molar-refractivity contribution < 1.29 is 24.0 Å². The van der Waals surface area contributed by atoms with Crippen LogP contribution < -0.4 is 6.15 Å². The van der Waals surface area contributed by atoms with E-state index in [0.717, 1.165) is 12.8 Å². The summed E-state index contributed by atoms with van der Waals surface area (Å²) in [4.78, 5) is 9.79. The molecule has 0 amide bonds. The molecule has 12 heavy (non-hydrogen) atoms. The summed E-state index contributed by atoms with van der Waals surface area (Å²) in [5.41, 5.74) is 0. The van der Waals surface area contributed by atoms with Crippen LogP contribution in [0.15, 0.2) is 12.2 Å². The minimum Gasteiger partial charge on any atom is -0.478 e. The van der Waals surface area contributed by atoms with E-state index in [1.165, 1.54) is 6.08 Å². The lowest BCUT2D eigenvalue weighted by molar-refractivity contribution is -0.131. The predicted molar refractivity (Wildman–Crippen MR) is 44.2 cm³/mol. The smallest absolute Gasteiger partial charge is 0.327 e. The van der Waals surface area contributed by atoms with E-state index in [9.17, 15) is 4.79 Å². The van der Waals surface area contributed by atoms with Gasteiger partial charge in [0.05, 0.1) is 0 Å². The number of carbonyl (C=O) groups is 1. The molecule has 0 radical (unpaired) electrons. The Labute approximate surface area is 69.2 Å². The fourth-order valence-electron chi connectivity index (χ4n) is 0.351. The number of carboxylic acid groups (broad SMARTS) is 1. The monoisotopic (exact) mass is 191 g/mol. The van der Waals surface area contributed by atoms with Gasteiger partial charge in [-0.15, -0.1) is 0 Å². The van der Waals surface area contributed by atoms with Crippen molar-refractivity contribution >= 4 is 5.97 Å². The van der Waals surface area contributed by atoms with Crippen LogP contribution in [0.2, 0.25) is 0 Å². The van der Waals surface area contributed by atoms with Crippen LogP contribution in [0.3, 0.4) is 0 Å². The molecule has 0 aliphatic heterocycles. The van der Waals surface area contributed by atoms with Gasteiger partial charge in [-0.2, -0.15) is 0 Å². The van der Waals surface area contributed by atoms with Crippen LogP contribution in [0.1, 0.15) is 19.8 Å². The first kappa shape index (κ1) is 30.6. The molecule has 0 fully saturated rings. The third-order valence-corrected chi connectivity index (χ3v) is 0.716. The average Bonchev–Trinajstić information content (AvgIpc) is 1.66. The Morgan fingerprint density at radius 1 is 1.33 bits per heavy atom. The van der Waals surface area contributed by atoms with Crippen molar-refractivity contribution in [1.82, 2.24) is 6.15 Å². The van der Waals surface area contributed by atoms with Gasteiger partial charge >= 0.3 is 5.97 Å². The van der Waals surface area contributed by atoms with Gasteiger partial charge in [-0.25, -0.2) is 4.79 Å². The summed E-state index contributed by atoms with van der Waals surface area (Å²) >= 11 is 0. The summed E-state index contributed by atoms with van der Waals surface area (Å²) in [6.07, 6.45) is 4.68. The lowest BCUT2D eigenvalue weighted by Crippen LogP contribution is -1.84. The zero-order valence-corrected chi connectivity index (χ0v) is 6.86. The number of halogens is 3. The first-order valence-electron chi connectivity index (χ1n) is 2.67. The van der Waals surface area contributed by atoms with E-state index in [4.69, 9.17) is 5.11 Å². The zero-order valence-electron chi connectivity index (χ0n) is 6.86. The molecule has 0 aliphatic carbocycles. The van der Waals surface area contributed by atoms with E-state index in [1.807, 2.05) is 6.92 Å². The van der Waals surface area contributed by atoms with Gasteiger partial charge in [0.1, 0.15) is 0 Å². The zero-order chi connectivity index (χ0) is 6.41. The molecule has 0 saturated heterocycles. The van der Waals surface area contributed by atoms with Crippen molar-refractivity contribution in [1.29, 1.82) is 0 Å². The SMILES string of the molecule is CCC/C=C/C(=O)O.F.F.F.N. The maximum atomic E-state index is 9.79. The maximum Gasteiger partial charge on any atom is 0.327 e. The van der Waals surface area contributed by atoms with Gasteiger partial charge in [-0.3, -0.25) is 14.1 Å². The number of hydrogen-bond donors (Lipinski definition) is 2. The average molecular weight is 191 g/mol. The summed E-state index contributed by atoms with van der Waals surface area (Å²) < 4.78 is 0. The van der Waals surface area contributed by atoms with Crippen LogP contribution in [-0.4, -0.2) is 11.1 Å². The highest BCUT2D eigenvalue weighted by Gasteiger charge is 1.81. The molecule has 0 rings (SSSR count). The highest BCUT2D eigenvalue weighted by atomic mass is 19.0. The highest BCUT2D eigenvalue weighted by molar-refractivity contribution is 5.79. The fourth-order valence-corrected chi connectivity index (χ4v) is 0.351. The normalized spacial score (nSPS) is 6.75. The summed E-state index contributed by atoms with van der Waals surface area (Å²) in [5, 5.41) is 8.05. The van der Waals surface area contributed by atoms with E-state index in [0.29, 0.717) is 0 Å². The molecule has 0 atom stereocenters. The molecule has 3 nitrogen and oxygen atoms in total. The number of aliphatic carboxylic acids is 1. The van der Waals surface area contributed by atoms with Gasteiger partial charge in [0.15, 0.2) is 0 Å². The van der Waals surface area contributed by atoms with Gasteiger partial charge in [0.25, 0.3) is 0 Å². The minimum absolute atomic E-state index is 0. The maximum absolute atomic E-state index is 9.79. The fraction of sp³-hybridized carbons (Fsp3) is 0.500. The largest absolute Gasteiger partial charge is 0.478 e. The second-order valence-corrected chi connectivity index (χ2v) is 1.53. The van der Waals surface area contributed by atoms with Crippen LogP contribution in [0.5, 0.6) is 0 Å². The minimum atomic E-state index is -0.863. The number of hydrogen-bond acceptors (Lipinski definition) is 2. The van der Waals surface area contributed by atoms with Crippen molar-refractivity contribution in [2.45, 2.75) is 19.8 Å². The van der Waals surface area contributed by atoms with Crippen molar-refractivity contribution in [3.05, 3.63) is 12.2 Å². The Kier molecular flexibility index (Phi) is 57.4. The van der Waals surface area contributed by atoms with Gasteiger partial charge in [0.2, 0.25) is 0 Å². The number of carboxylic acids is 1. The van der Waals surface area contributed by atoms with Crippen LogP contribution in [0, 0.1) is 0 Å². The molecule has 0 heterocycles. The Hall–Kier alpha value is -1.04. The molecule has 0 aromatic heterocycles. The van der Waals surface area contributed by atoms with Gasteiger partial charge < -0.3 is 11.3 Å². The Balaban J connectivity index is -0.0000000408. The predicted octanol–water partition coefficient (Wildman–Crippen LogP) is 2.05. The van der Waals surface area contributed by atoms with E-state index >= 15 is 0 Å². The third-order valence-electron chi connectivity index (χ3n) is 0.716. The molecule has 0 aromatic carbocycles. The van der Waals surface area contributed by atoms with Gasteiger partial charge in [-0.1, -0.05) is 19.4 Å². The Morgan fingerprint density at radius 2 is 1.75 bits per heavy atom. The van der Waals surface area contributed by atoms with Crippen LogP contribution in [-0.2, 0) is 4.79 Å². The van der Waals surface area contributed by atoms with Crippen molar-refractivity contribution in [2.24, 2.45) is 0 Å². The van der Waals surface area contributed by atoms with Crippen molar-refractivity contribution in [3.63, 3.8) is 0 Å². The first-order chi connectivity index (χ1) is 3.77. The summed E-state index contributed by atoms with van der Waals surface area (Å²) in [6, 6.07) is 0. The van der Waals surface area contributed by atoms with E-state index in [2.05, 4.69) is 0 Å². The first-order valence-corrected chi connectivity index (χ1v) is 2.67. The Morgan fingerprint density at radius 3 is 2.00 bits per heavy atom. The molecule has 0 spiro atoms. The molecule has 0 saturated carbocycles. The van der Waals surface area contributed by atoms with Crippen LogP contribution >= 0.6 is 0 Å². The van der Waals surface area contributed by atoms with Crippen LogP contribution in [0.25, 0.3) is 0 Å².